The number of benzene rings is 2. The number of sulfone groups is 1. The molecule has 0 spiro atoms. The summed E-state index contributed by atoms with van der Waals surface area (Å²) in [5.74, 6) is -0.203. The van der Waals surface area contributed by atoms with Gasteiger partial charge in [0.05, 0.1) is 22.2 Å². The number of rotatable bonds is 6. The van der Waals surface area contributed by atoms with Crippen LogP contribution in [0.3, 0.4) is 0 Å². The van der Waals surface area contributed by atoms with Crippen LogP contribution in [0.5, 0.6) is 0 Å². The van der Waals surface area contributed by atoms with Crippen LogP contribution in [0.1, 0.15) is 17.4 Å². The molecule has 0 saturated heterocycles. The van der Waals surface area contributed by atoms with Crippen molar-refractivity contribution in [1.82, 2.24) is 19.1 Å². The summed E-state index contributed by atoms with van der Waals surface area (Å²) in [6.07, 6.45) is 1.14. The highest BCUT2D eigenvalue weighted by Gasteiger charge is 2.22. The highest BCUT2D eigenvalue weighted by atomic mass is 35.5. The van der Waals surface area contributed by atoms with Crippen LogP contribution in [0.15, 0.2) is 59.5 Å². The monoisotopic (exact) mass is 488 g/mol. The first-order valence-electron chi connectivity index (χ1n) is 9.44. The summed E-state index contributed by atoms with van der Waals surface area (Å²) in [5.41, 5.74) is 1.74. The maximum Gasteiger partial charge on any atom is 0.358 e. The highest BCUT2D eigenvalue weighted by Crippen LogP contribution is 2.31. The minimum Gasteiger partial charge on any atom is -0.461 e. The largest absolute Gasteiger partial charge is 0.461 e. The van der Waals surface area contributed by atoms with Gasteiger partial charge in [0.15, 0.2) is 26.4 Å². The zero-order valence-electron chi connectivity index (χ0n) is 17.0. The second-order valence-electron chi connectivity index (χ2n) is 6.72. The minimum absolute atomic E-state index is 0.109. The maximum absolute atomic E-state index is 12.3. The molecule has 0 aliphatic rings. The summed E-state index contributed by atoms with van der Waals surface area (Å²) in [6, 6.07) is 15.1. The van der Waals surface area contributed by atoms with Crippen molar-refractivity contribution < 1.29 is 17.9 Å². The predicted molar refractivity (Wildman–Crippen MR) is 122 cm³/mol. The molecule has 0 N–H and O–H groups in total. The predicted octanol–water partition coefficient (Wildman–Crippen LogP) is 4.29. The fourth-order valence-electron chi connectivity index (χ4n) is 2.96. The topological polar surface area (TPSA) is 104 Å². The van der Waals surface area contributed by atoms with Crippen LogP contribution in [-0.2, 0) is 14.6 Å². The molecular weight excluding hydrogens is 472 g/mol. The Morgan fingerprint density at radius 2 is 1.94 bits per heavy atom. The fourth-order valence-corrected chi connectivity index (χ4v) is 4.52. The summed E-state index contributed by atoms with van der Waals surface area (Å²) in [5, 5.41) is 5.30. The fraction of sp³-hybridized carbons (Fsp3) is 0.143. The zero-order valence-corrected chi connectivity index (χ0v) is 19.4. The second kappa shape index (κ2) is 8.81. The van der Waals surface area contributed by atoms with E-state index in [-0.39, 0.29) is 17.2 Å². The second-order valence-corrected chi connectivity index (χ2v) is 9.90. The van der Waals surface area contributed by atoms with Crippen molar-refractivity contribution in [2.45, 2.75) is 11.8 Å². The normalized spacial score (nSPS) is 11.5. The van der Waals surface area contributed by atoms with E-state index in [9.17, 15) is 13.2 Å². The van der Waals surface area contributed by atoms with E-state index in [2.05, 4.69) is 14.5 Å². The Kier molecular flexibility index (Phi) is 6.09. The Hall–Kier alpha value is -3.08. The van der Waals surface area contributed by atoms with Gasteiger partial charge in [-0.05, 0) is 42.7 Å². The van der Waals surface area contributed by atoms with Gasteiger partial charge in [-0.2, -0.15) is 9.47 Å². The van der Waals surface area contributed by atoms with E-state index in [0.717, 1.165) is 17.8 Å². The van der Waals surface area contributed by atoms with Gasteiger partial charge in [-0.3, -0.25) is 0 Å². The standard InChI is InChI=1S/C21H17ClN4O4S2/c1-3-30-21(27)16-12-18(26(24-16)17-10-5-4-9-15(17)22)20-23-19(25-31-20)13-7-6-8-14(11-13)32(2,28)29/h4-12H,3H2,1-2H3. The summed E-state index contributed by atoms with van der Waals surface area (Å²) in [4.78, 5) is 17.0. The number of carbonyl (C=O) groups is 1. The number of hydrogen-bond donors (Lipinski definition) is 0. The van der Waals surface area contributed by atoms with Crippen LogP contribution in [0.25, 0.3) is 27.8 Å². The lowest BCUT2D eigenvalue weighted by molar-refractivity contribution is 0.0519. The summed E-state index contributed by atoms with van der Waals surface area (Å²) in [7, 11) is -3.37. The van der Waals surface area contributed by atoms with Gasteiger partial charge in [0.25, 0.3) is 0 Å². The van der Waals surface area contributed by atoms with Gasteiger partial charge < -0.3 is 4.74 Å². The van der Waals surface area contributed by atoms with Crippen molar-refractivity contribution in [3.8, 4) is 27.8 Å². The van der Waals surface area contributed by atoms with Crippen LogP contribution in [0.2, 0.25) is 5.02 Å². The van der Waals surface area contributed by atoms with Crippen molar-refractivity contribution in [3.05, 3.63) is 65.3 Å². The third-order valence-electron chi connectivity index (χ3n) is 4.44. The number of halogens is 1. The number of carbonyl (C=O) groups excluding carboxylic acids is 1. The van der Waals surface area contributed by atoms with Crippen molar-refractivity contribution in [1.29, 1.82) is 0 Å². The van der Waals surface area contributed by atoms with E-state index in [0.29, 0.717) is 32.8 Å². The first-order chi connectivity index (χ1) is 15.3. The molecule has 0 amide bonds. The van der Waals surface area contributed by atoms with Crippen molar-refractivity contribution in [3.63, 3.8) is 0 Å². The first kappa shape index (κ1) is 22.1. The van der Waals surface area contributed by atoms with E-state index in [4.69, 9.17) is 16.3 Å². The highest BCUT2D eigenvalue weighted by molar-refractivity contribution is 7.90. The number of aromatic nitrogens is 4. The molecule has 0 aliphatic heterocycles. The number of ether oxygens (including phenoxy) is 1. The Morgan fingerprint density at radius 3 is 2.66 bits per heavy atom. The smallest absolute Gasteiger partial charge is 0.358 e. The van der Waals surface area contributed by atoms with Crippen molar-refractivity contribution >= 4 is 38.9 Å². The summed E-state index contributed by atoms with van der Waals surface area (Å²) in [6.45, 7) is 1.93. The van der Waals surface area contributed by atoms with Gasteiger partial charge in [-0.1, -0.05) is 35.9 Å². The molecule has 32 heavy (non-hydrogen) atoms. The van der Waals surface area contributed by atoms with Crippen molar-refractivity contribution in [2.24, 2.45) is 0 Å². The quantitative estimate of drug-likeness (QED) is 0.373. The lowest BCUT2D eigenvalue weighted by Gasteiger charge is -2.07. The lowest BCUT2D eigenvalue weighted by atomic mass is 10.2. The molecule has 2 aromatic carbocycles. The number of hydrogen-bond acceptors (Lipinski definition) is 8. The molecule has 0 fully saturated rings. The molecule has 4 rings (SSSR count). The van der Waals surface area contributed by atoms with E-state index < -0.39 is 15.8 Å². The summed E-state index contributed by atoms with van der Waals surface area (Å²) < 4.78 is 34.8. The van der Waals surface area contributed by atoms with E-state index in [1.54, 1.807) is 49.4 Å². The van der Waals surface area contributed by atoms with E-state index in [1.807, 2.05) is 0 Å². The Bertz CT molecular complexity index is 1410. The van der Waals surface area contributed by atoms with Gasteiger partial charge in [-0.25, -0.2) is 22.9 Å². The SMILES string of the molecule is CCOC(=O)c1cc(-c2nc(-c3cccc(S(C)(=O)=O)c3)ns2)n(-c2ccccc2Cl)n1. The third kappa shape index (κ3) is 4.43. The molecule has 2 aromatic heterocycles. The Balaban J connectivity index is 1.82. The zero-order chi connectivity index (χ0) is 22.9. The molecule has 164 valence electrons. The number of para-hydroxylation sites is 1. The molecule has 8 nitrogen and oxygen atoms in total. The average molecular weight is 489 g/mol. The first-order valence-corrected chi connectivity index (χ1v) is 12.5. The van der Waals surface area contributed by atoms with Gasteiger partial charge >= 0.3 is 5.97 Å². The molecule has 11 heteroatoms. The molecule has 0 saturated carbocycles. The molecule has 0 atom stereocenters. The van der Waals surface area contributed by atoms with Crippen molar-refractivity contribution in [2.75, 3.05) is 12.9 Å². The van der Waals surface area contributed by atoms with Gasteiger partial charge in [-0.15, -0.1) is 0 Å². The Labute approximate surface area is 193 Å². The Morgan fingerprint density at radius 1 is 1.16 bits per heavy atom. The molecule has 0 unspecified atom stereocenters. The lowest BCUT2D eigenvalue weighted by Crippen LogP contribution is -2.07. The third-order valence-corrected chi connectivity index (χ3v) is 6.61. The molecule has 4 aromatic rings. The minimum atomic E-state index is -3.37. The molecule has 2 heterocycles. The number of nitrogens with zero attached hydrogens (tertiary/aromatic N) is 4. The van der Waals surface area contributed by atoms with E-state index >= 15 is 0 Å². The summed E-state index contributed by atoms with van der Waals surface area (Å²) >= 11 is 7.46. The van der Waals surface area contributed by atoms with Crippen LogP contribution >= 0.6 is 23.1 Å². The molecule has 0 bridgehead atoms. The van der Waals surface area contributed by atoms with Crippen LogP contribution in [0, 0.1) is 0 Å². The van der Waals surface area contributed by atoms with Crippen LogP contribution in [0.4, 0.5) is 0 Å². The maximum atomic E-state index is 12.3. The molecule has 0 aliphatic carbocycles. The van der Waals surface area contributed by atoms with Gasteiger partial charge in [0, 0.05) is 17.9 Å². The molecule has 0 radical (unpaired) electrons. The number of esters is 1. The average Bonchev–Trinajstić information content (AvgIpc) is 3.41. The van der Waals surface area contributed by atoms with E-state index in [1.165, 1.54) is 16.8 Å². The van der Waals surface area contributed by atoms with Crippen LogP contribution in [-0.4, -0.2) is 46.4 Å². The van der Waals surface area contributed by atoms with Gasteiger partial charge in [0.1, 0.15) is 5.69 Å². The van der Waals surface area contributed by atoms with Gasteiger partial charge in [0.2, 0.25) is 0 Å². The van der Waals surface area contributed by atoms with Crippen LogP contribution < -0.4 is 0 Å². The molecular formula is C21H17ClN4O4S2.